The first-order chi connectivity index (χ1) is 9.48. The van der Waals surface area contributed by atoms with E-state index in [2.05, 4.69) is 0 Å². The zero-order valence-corrected chi connectivity index (χ0v) is 12.2. The van der Waals surface area contributed by atoms with E-state index in [1.807, 2.05) is 6.07 Å². The summed E-state index contributed by atoms with van der Waals surface area (Å²) in [5.74, 6) is 0.231. The van der Waals surface area contributed by atoms with Crippen LogP contribution in [0.2, 0.25) is 0 Å². The maximum absolute atomic E-state index is 12.5. The van der Waals surface area contributed by atoms with Crippen molar-refractivity contribution in [3.8, 4) is 6.07 Å². The van der Waals surface area contributed by atoms with Crippen LogP contribution in [0.25, 0.3) is 0 Å². The molecule has 1 aliphatic heterocycles. The van der Waals surface area contributed by atoms with Gasteiger partial charge in [0.05, 0.1) is 16.5 Å². The van der Waals surface area contributed by atoms with Crippen LogP contribution in [0.15, 0.2) is 23.1 Å². The molecule has 1 aromatic rings. The van der Waals surface area contributed by atoms with E-state index in [1.54, 1.807) is 19.1 Å². The number of nitrogens with zero attached hydrogens (tertiary/aromatic N) is 2. The lowest BCUT2D eigenvalue weighted by atomic mass is 10.1. The van der Waals surface area contributed by atoms with Gasteiger partial charge in [0.1, 0.15) is 0 Å². The van der Waals surface area contributed by atoms with E-state index >= 15 is 0 Å². The van der Waals surface area contributed by atoms with Gasteiger partial charge in [-0.3, -0.25) is 0 Å². The maximum atomic E-state index is 12.5. The Hall–Kier alpha value is -1.42. The molecule has 20 heavy (non-hydrogen) atoms. The normalized spacial score (nSPS) is 19.9. The number of rotatable bonds is 4. The summed E-state index contributed by atoms with van der Waals surface area (Å²) < 4.78 is 26.5. The Bertz CT molecular complexity index is 634. The zero-order chi connectivity index (χ0) is 14.8. The molecule has 6 heteroatoms. The molecular weight excluding hydrogens is 276 g/mol. The molecule has 1 saturated heterocycles. The first kappa shape index (κ1) is 15.0. The number of sulfonamides is 1. The minimum Gasteiger partial charge on any atom is -0.396 e. The molecule has 1 N–H and O–H groups in total. The van der Waals surface area contributed by atoms with Gasteiger partial charge in [0.25, 0.3) is 0 Å². The van der Waals surface area contributed by atoms with Crippen molar-refractivity contribution in [1.82, 2.24) is 4.31 Å². The third kappa shape index (κ3) is 2.85. The molecule has 1 aliphatic rings. The van der Waals surface area contributed by atoms with Crippen LogP contribution >= 0.6 is 0 Å². The third-order valence-electron chi connectivity index (χ3n) is 3.74. The molecule has 0 amide bonds. The molecular formula is C14H18N2O3S. The van der Waals surface area contributed by atoms with E-state index in [1.165, 1.54) is 10.4 Å². The van der Waals surface area contributed by atoms with Crippen LogP contribution in [0.4, 0.5) is 0 Å². The van der Waals surface area contributed by atoms with Crippen molar-refractivity contribution in [2.75, 3.05) is 19.7 Å². The number of aliphatic hydroxyl groups is 1. The predicted molar refractivity (Wildman–Crippen MR) is 74.5 cm³/mol. The summed E-state index contributed by atoms with van der Waals surface area (Å²) in [7, 11) is -3.50. The third-order valence-corrected chi connectivity index (χ3v) is 5.60. The first-order valence-electron chi connectivity index (χ1n) is 6.61. The lowest BCUT2D eigenvalue weighted by Crippen LogP contribution is -2.29. The molecule has 0 saturated carbocycles. The van der Waals surface area contributed by atoms with Crippen molar-refractivity contribution in [2.45, 2.75) is 24.7 Å². The fourth-order valence-electron chi connectivity index (χ4n) is 2.50. The van der Waals surface area contributed by atoms with Crippen LogP contribution in [-0.4, -0.2) is 37.5 Å². The van der Waals surface area contributed by atoms with E-state index in [-0.39, 0.29) is 17.4 Å². The number of hydrogen-bond donors (Lipinski definition) is 1. The molecule has 108 valence electrons. The van der Waals surface area contributed by atoms with Gasteiger partial charge in [0.2, 0.25) is 10.0 Å². The minimum absolute atomic E-state index is 0.0918. The Balaban J connectivity index is 2.23. The van der Waals surface area contributed by atoms with Gasteiger partial charge < -0.3 is 5.11 Å². The van der Waals surface area contributed by atoms with Crippen LogP contribution in [0.1, 0.15) is 24.0 Å². The highest BCUT2D eigenvalue weighted by atomic mass is 32.2. The number of aryl methyl sites for hydroxylation is 1. The Morgan fingerprint density at radius 1 is 1.50 bits per heavy atom. The molecule has 0 bridgehead atoms. The molecule has 0 aliphatic carbocycles. The summed E-state index contributed by atoms with van der Waals surface area (Å²) in [5.41, 5.74) is 1.16. The summed E-state index contributed by atoms with van der Waals surface area (Å²) in [6, 6.07) is 6.61. The SMILES string of the molecule is Cc1cc(S(=O)(=O)N2CCC(CCO)C2)ccc1C#N. The largest absolute Gasteiger partial charge is 0.396 e. The van der Waals surface area contributed by atoms with Crippen molar-refractivity contribution < 1.29 is 13.5 Å². The highest BCUT2D eigenvalue weighted by Crippen LogP contribution is 2.26. The average molecular weight is 294 g/mol. The van der Waals surface area contributed by atoms with Gasteiger partial charge in [-0.05, 0) is 49.4 Å². The zero-order valence-electron chi connectivity index (χ0n) is 11.4. The highest BCUT2D eigenvalue weighted by molar-refractivity contribution is 7.89. The van der Waals surface area contributed by atoms with Gasteiger partial charge >= 0.3 is 0 Å². The molecule has 1 fully saturated rings. The van der Waals surface area contributed by atoms with Gasteiger partial charge in [-0.2, -0.15) is 9.57 Å². The van der Waals surface area contributed by atoms with Crippen molar-refractivity contribution in [3.05, 3.63) is 29.3 Å². The van der Waals surface area contributed by atoms with Crippen LogP contribution in [0.5, 0.6) is 0 Å². The summed E-state index contributed by atoms with van der Waals surface area (Å²) >= 11 is 0. The van der Waals surface area contributed by atoms with E-state index in [4.69, 9.17) is 10.4 Å². The van der Waals surface area contributed by atoms with E-state index in [0.29, 0.717) is 30.6 Å². The molecule has 1 atom stereocenters. The summed E-state index contributed by atoms with van der Waals surface area (Å²) in [6.07, 6.45) is 1.42. The fourth-order valence-corrected chi connectivity index (χ4v) is 4.12. The number of hydrogen-bond acceptors (Lipinski definition) is 4. The number of nitriles is 1. The topological polar surface area (TPSA) is 81.4 Å². The summed E-state index contributed by atoms with van der Waals surface area (Å²) in [6.45, 7) is 2.78. The fraction of sp³-hybridized carbons (Fsp3) is 0.500. The molecule has 0 spiro atoms. The van der Waals surface area contributed by atoms with E-state index < -0.39 is 10.0 Å². The van der Waals surface area contributed by atoms with Crippen molar-refractivity contribution in [3.63, 3.8) is 0 Å². The minimum atomic E-state index is -3.50. The van der Waals surface area contributed by atoms with Gasteiger partial charge in [-0.1, -0.05) is 0 Å². The lowest BCUT2D eigenvalue weighted by molar-refractivity contribution is 0.259. The number of aliphatic hydroxyl groups excluding tert-OH is 1. The van der Waals surface area contributed by atoms with Crippen LogP contribution < -0.4 is 0 Å². The predicted octanol–water partition coefficient (Wildman–Crippen LogP) is 1.26. The molecule has 1 aromatic carbocycles. The summed E-state index contributed by atoms with van der Waals surface area (Å²) in [5, 5.41) is 17.8. The number of benzene rings is 1. The van der Waals surface area contributed by atoms with Crippen LogP contribution in [0, 0.1) is 24.2 Å². The quantitative estimate of drug-likeness (QED) is 0.906. The second-order valence-electron chi connectivity index (χ2n) is 5.12. The molecule has 5 nitrogen and oxygen atoms in total. The average Bonchev–Trinajstić information content (AvgIpc) is 2.88. The lowest BCUT2D eigenvalue weighted by Gasteiger charge is -2.17. The molecule has 1 unspecified atom stereocenters. The smallest absolute Gasteiger partial charge is 0.243 e. The van der Waals surface area contributed by atoms with E-state index in [9.17, 15) is 8.42 Å². The van der Waals surface area contributed by atoms with Crippen LogP contribution in [-0.2, 0) is 10.0 Å². The maximum Gasteiger partial charge on any atom is 0.243 e. The monoisotopic (exact) mass is 294 g/mol. The second kappa shape index (κ2) is 5.92. The van der Waals surface area contributed by atoms with Gasteiger partial charge in [0.15, 0.2) is 0 Å². The Morgan fingerprint density at radius 2 is 2.25 bits per heavy atom. The molecule has 0 aromatic heterocycles. The van der Waals surface area contributed by atoms with Crippen molar-refractivity contribution in [1.29, 1.82) is 5.26 Å². The van der Waals surface area contributed by atoms with Crippen LogP contribution in [0.3, 0.4) is 0 Å². The standard InChI is InChI=1S/C14H18N2O3S/c1-11-8-14(3-2-13(11)9-15)20(18,19)16-6-4-12(10-16)5-7-17/h2-3,8,12,17H,4-7,10H2,1H3. The van der Waals surface area contributed by atoms with Gasteiger partial charge in [0, 0.05) is 19.7 Å². The Labute approximate surface area is 119 Å². The molecule has 2 rings (SSSR count). The van der Waals surface area contributed by atoms with E-state index in [0.717, 1.165) is 6.42 Å². The second-order valence-corrected chi connectivity index (χ2v) is 7.06. The first-order valence-corrected chi connectivity index (χ1v) is 8.05. The molecule has 1 heterocycles. The summed E-state index contributed by atoms with van der Waals surface area (Å²) in [4.78, 5) is 0.235. The Kier molecular flexibility index (Phi) is 4.43. The van der Waals surface area contributed by atoms with Gasteiger partial charge in [-0.15, -0.1) is 0 Å². The Morgan fingerprint density at radius 3 is 2.85 bits per heavy atom. The van der Waals surface area contributed by atoms with Gasteiger partial charge in [-0.25, -0.2) is 8.42 Å². The molecule has 0 radical (unpaired) electrons. The highest BCUT2D eigenvalue weighted by Gasteiger charge is 2.32. The van der Waals surface area contributed by atoms with Crippen molar-refractivity contribution >= 4 is 10.0 Å². The van der Waals surface area contributed by atoms with Crippen molar-refractivity contribution in [2.24, 2.45) is 5.92 Å².